The average molecular weight is 301 g/mol. The van der Waals surface area contributed by atoms with E-state index in [2.05, 4.69) is 61.4 Å². The van der Waals surface area contributed by atoms with Crippen molar-refractivity contribution in [3.8, 4) is 6.07 Å². The molecule has 0 saturated carbocycles. The Kier molecular flexibility index (Phi) is 3.99. The summed E-state index contributed by atoms with van der Waals surface area (Å²) in [6, 6.07) is 14.7. The van der Waals surface area contributed by atoms with Crippen LogP contribution in [0.1, 0.15) is 29.2 Å². The number of pyridine rings is 1. The quantitative estimate of drug-likeness (QED) is 0.738. The SMILES string of the molecule is CCc1ccc2ncc(C#N)c(Nc3ccc(C)c(C)c3)c2c1. The molecule has 0 radical (unpaired) electrons. The van der Waals surface area contributed by atoms with E-state index in [0.29, 0.717) is 5.56 Å². The molecule has 0 aliphatic carbocycles. The number of aromatic nitrogens is 1. The van der Waals surface area contributed by atoms with Gasteiger partial charge in [0.25, 0.3) is 0 Å². The average Bonchev–Trinajstić information content (AvgIpc) is 2.58. The Balaban J connectivity index is 2.17. The molecule has 0 fully saturated rings. The Bertz CT molecular complexity index is 920. The summed E-state index contributed by atoms with van der Waals surface area (Å²) in [6.07, 6.45) is 2.59. The summed E-state index contributed by atoms with van der Waals surface area (Å²) in [7, 11) is 0. The number of nitriles is 1. The molecule has 114 valence electrons. The molecule has 2 aromatic carbocycles. The molecule has 3 aromatic rings. The minimum absolute atomic E-state index is 0.559. The van der Waals surface area contributed by atoms with E-state index in [-0.39, 0.29) is 0 Å². The van der Waals surface area contributed by atoms with E-state index in [1.807, 2.05) is 12.1 Å². The van der Waals surface area contributed by atoms with Crippen molar-refractivity contribution in [2.24, 2.45) is 0 Å². The first-order chi connectivity index (χ1) is 11.1. The van der Waals surface area contributed by atoms with Gasteiger partial charge in [0.15, 0.2) is 0 Å². The van der Waals surface area contributed by atoms with Crippen LogP contribution in [-0.2, 0) is 6.42 Å². The fourth-order valence-electron chi connectivity index (χ4n) is 2.64. The van der Waals surface area contributed by atoms with E-state index in [1.54, 1.807) is 6.20 Å². The normalized spacial score (nSPS) is 10.5. The second-order valence-corrected chi connectivity index (χ2v) is 5.79. The lowest BCUT2D eigenvalue weighted by molar-refractivity contribution is 1.14. The molecule has 1 aromatic heterocycles. The second-order valence-electron chi connectivity index (χ2n) is 5.79. The van der Waals surface area contributed by atoms with Gasteiger partial charge in [0.1, 0.15) is 6.07 Å². The number of fused-ring (bicyclic) bond motifs is 1. The standard InChI is InChI=1S/C20H19N3/c1-4-15-6-8-19-18(10-15)20(16(11-21)12-22-19)23-17-7-5-13(2)14(3)9-17/h5-10,12H,4H2,1-3H3,(H,22,23). The van der Waals surface area contributed by atoms with Gasteiger partial charge in [0.2, 0.25) is 0 Å². The number of hydrogen-bond acceptors (Lipinski definition) is 3. The van der Waals surface area contributed by atoms with Crippen LogP contribution in [0.5, 0.6) is 0 Å². The predicted molar refractivity (Wildman–Crippen MR) is 95.0 cm³/mol. The van der Waals surface area contributed by atoms with Gasteiger partial charge in [-0.05, 0) is 61.2 Å². The maximum atomic E-state index is 9.45. The third-order valence-corrected chi connectivity index (χ3v) is 4.24. The van der Waals surface area contributed by atoms with Gasteiger partial charge in [-0.3, -0.25) is 4.98 Å². The van der Waals surface area contributed by atoms with Crippen LogP contribution >= 0.6 is 0 Å². The Labute approximate surface area is 136 Å². The number of nitrogens with zero attached hydrogens (tertiary/aromatic N) is 2. The number of anilines is 2. The van der Waals surface area contributed by atoms with Crippen LogP contribution in [0.2, 0.25) is 0 Å². The molecule has 1 N–H and O–H groups in total. The Morgan fingerprint density at radius 3 is 2.61 bits per heavy atom. The molecule has 23 heavy (non-hydrogen) atoms. The van der Waals surface area contributed by atoms with Crippen LogP contribution in [0.15, 0.2) is 42.6 Å². The summed E-state index contributed by atoms with van der Waals surface area (Å²) in [5.41, 5.74) is 6.98. The predicted octanol–water partition coefficient (Wildman–Crippen LogP) is 5.03. The first kappa shape index (κ1) is 15.1. The van der Waals surface area contributed by atoms with Gasteiger partial charge in [-0.15, -0.1) is 0 Å². The molecule has 3 nitrogen and oxygen atoms in total. The summed E-state index contributed by atoms with van der Waals surface area (Å²) in [5, 5.41) is 13.9. The van der Waals surface area contributed by atoms with Crippen molar-refractivity contribution in [3.05, 3.63) is 64.8 Å². The molecular formula is C20H19N3. The Morgan fingerprint density at radius 1 is 1.09 bits per heavy atom. The van der Waals surface area contributed by atoms with E-state index in [9.17, 15) is 5.26 Å². The van der Waals surface area contributed by atoms with Crippen LogP contribution in [0, 0.1) is 25.2 Å². The zero-order chi connectivity index (χ0) is 16.4. The summed E-state index contributed by atoms with van der Waals surface area (Å²) in [6.45, 7) is 6.31. The van der Waals surface area contributed by atoms with Crippen molar-refractivity contribution >= 4 is 22.3 Å². The minimum atomic E-state index is 0.559. The lowest BCUT2D eigenvalue weighted by Gasteiger charge is -2.13. The highest BCUT2D eigenvalue weighted by atomic mass is 14.9. The minimum Gasteiger partial charge on any atom is -0.354 e. The molecule has 0 amide bonds. The maximum Gasteiger partial charge on any atom is 0.103 e. The molecular weight excluding hydrogens is 282 g/mol. The monoisotopic (exact) mass is 301 g/mol. The maximum absolute atomic E-state index is 9.45. The van der Waals surface area contributed by atoms with Gasteiger partial charge in [-0.1, -0.05) is 19.1 Å². The fourth-order valence-corrected chi connectivity index (χ4v) is 2.64. The van der Waals surface area contributed by atoms with E-state index in [0.717, 1.165) is 28.7 Å². The van der Waals surface area contributed by atoms with Crippen molar-refractivity contribution in [1.82, 2.24) is 4.98 Å². The topological polar surface area (TPSA) is 48.7 Å². The number of hydrogen-bond donors (Lipinski definition) is 1. The zero-order valence-corrected chi connectivity index (χ0v) is 13.6. The summed E-state index contributed by atoms with van der Waals surface area (Å²) in [5.74, 6) is 0. The van der Waals surface area contributed by atoms with Gasteiger partial charge in [0.05, 0.1) is 16.8 Å². The van der Waals surface area contributed by atoms with Crippen LogP contribution in [-0.4, -0.2) is 4.98 Å². The molecule has 0 saturated heterocycles. The van der Waals surface area contributed by atoms with Gasteiger partial charge in [-0.25, -0.2) is 0 Å². The largest absolute Gasteiger partial charge is 0.354 e. The van der Waals surface area contributed by atoms with E-state index in [1.165, 1.54) is 16.7 Å². The summed E-state index contributed by atoms with van der Waals surface area (Å²) >= 11 is 0. The fraction of sp³-hybridized carbons (Fsp3) is 0.200. The molecule has 0 bridgehead atoms. The van der Waals surface area contributed by atoms with Crippen molar-refractivity contribution in [1.29, 1.82) is 5.26 Å². The first-order valence-corrected chi connectivity index (χ1v) is 7.78. The molecule has 1 heterocycles. The number of nitrogens with one attached hydrogen (secondary N) is 1. The van der Waals surface area contributed by atoms with Crippen LogP contribution < -0.4 is 5.32 Å². The molecule has 0 aliphatic heterocycles. The molecule has 0 aliphatic rings. The van der Waals surface area contributed by atoms with E-state index < -0.39 is 0 Å². The molecule has 0 spiro atoms. The molecule has 0 unspecified atom stereocenters. The van der Waals surface area contributed by atoms with E-state index in [4.69, 9.17) is 0 Å². The van der Waals surface area contributed by atoms with Crippen LogP contribution in [0.4, 0.5) is 11.4 Å². The highest BCUT2D eigenvalue weighted by Crippen LogP contribution is 2.30. The van der Waals surface area contributed by atoms with Crippen molar-refractivity contribution in [2.75, 3.05) is 5.32 Å². The van der Waals surface area contributed by atoms with Gasteiger partial charge in [0, 0.05) is 17.3 Å². The zero-order valence-electron chi connectivity index (χ0n) is 13.6. The highest BCUT2D eigenvalue weighted by molar-refractivity contribution is 5.96. The van der Waals surface area contributed by atoms with E-state index >= 15 is 0 Å². The number of rotatable bonds is 3. The highest BCUT2D eigenvalue weighted by Gasteiger charge is 2.10. The molecule has 3 rings (SSSR count). The summed E-state index contributed by atoms with van der Waals surface area (Å²) < 4.78 is 0. The van der Waals surface area contributed by atoms with Crippen LogP contribution in [0.3, 0.4) is 0 Å². The van der Waals surface area contributed by atoms with Gasteiger partial charge in [-0.2, -0.15) is 5.26 Å². The summed E-state index contributed by atoms with van der Waals surface area (Å²) in [4.78, 5) is 4.40. The number of benzene rings is 2. The number of aryl methyl sites for hydroxylation is 3. The van der Waals surface area contributed by atoms with Crippen molar-refractivity contribution in [2.45, 2.75) is 27.2 Å². The van der Waals surface area contributed by atoms with Gasteiger partial charge >= 0.3 is 0 Å². The lowest BCUT2D eigenvalue weighted by Crippen LogP contribution is -1.98. The lowest BCUT2D eigenvalue weighted by atomic mass is 10.0. The van der Waals surface area contributed by atoms with Crippen molar-refractivity contribution < 1.29 is 0 Å². The van der Waals surface area contributed by atoms with Gasteiger partial charge < -0.3 is 5.32 Å². The second kappa shape index (κ2) is 6.10. The smallest absolute Gasteiger partial charge is 0.103 e. The Hall–Kier alpha value is -2.86. The molecule has 3 heteroatoms. The molecule has 0 atom stereocenters. The first-order valence-electron chi connectivity index (χ1n) is 7.78. The van der Waals surface area contributed by atoms with Crippen molar-refractivity contribution in [3.63, 3.8) is 0 Å². The third-order valence-electron chi connectivity index (χ3n) is 4.24. The Morgan fingerprint density at radius 2 is 1.91 bits per heavy atom. The third kappa shape index (κ3) is 2.89. The van der Waals surface area contributed by atoms with Crippen LogP contribution in [0.25, 0.3) is 10.9 Å².